The summed E-state index contributed by atoms with van der Waals surface area (Å²) in [7, 11) is -3.47. The van der Waals surface area contributed by atoms with Crippen LogP contribution in [-0.4, -0.2) is 42.1 Å². The molecule has 0 amide bonds. The highest BCUT2D eigenvalue weighted by molar-refractivity contribution is 7.89. The topological polar surface area (TPSA) is 74.7 Å². The lowest BCUT2D eigenvalue weighted by Gasteiger charge is -2.19. The second kappa shape index (κ2) is 4.10. The summed E-state index contributed by atoms with van der Waals surface area (Å²) in [4.78, 5) is 10.7. The van der Waals surface area contributed by atoms with E-state index >= 15 is 0 Å². The smallest absolute Gasteiger partial charge is 0.322 e. The number of hydrogen-bond donors (Lipinski definition) is 1. The van der Waals surface area contributed by atoms with Crippen LogP contribution in [0.2, 0.25) is 0 Å². The highest BCUT2D eigenvalue weighted by Gasteiger charge is 2.37. The minimum absolute atomic E-state index is 0.198. The second-order valence-corrected chi connectivity index (χ2v) is 5.14. The molecule has 0 aromatic rings. The Bertz CT molecular complexity index is 335. The van der Waals surface area contributed by atoms with Crippen molar-refractivity contribution >= 4 is 16.0 Å². The maximum absolute atomic E-state index is 11.5. The van der Waals surface area contributed by atoms with Gasteiger partial charge in [-0.25, -0.2) is 8.42 Å². The molecule has 0 radical (unpaired) electrons. The first-order chi connectivity index (χ1) is 6.49. The molecule has 80 valence electrons. The molecule has 1 aliphatic rings. The van der Waals surface area contributed by atoms with Gasteiger partial charge in [0.15, 0.2) is 0 Å². The average molecular weight is 219 g/mol. The molecule has 1 N–H and O–H groups in total. The molecular formula is C8H13NO4S. The van der Waals surface area contributed by atoms with E-state index in [0.717, 1.165) is 4.31 Å². The number of carbonyl (C=O) groups is 1. The summed E-state index contributed by atoms with van der Waals surface area (Å²) in [6.45, 7) is 3.63. The van der Waals surface area contributed by atoms with E-state index in [1.165, 1.54) is 6.08 Å². The summed E-state index contributed by atoms with van der Waals surface area (Å²) in [5, 5.41) is 8.78. The molecule has 1 heterocycles. The molecule has 1 aliphatic heterocycles. The van der Waals surface area contributed by atoms with Gasteiger partial charge >= 0.3 is 5.97 Å². The molecule has 0 aromatic heterocycles. The first-order valence-electron chi connectivity index (χ1n) is 4.32. The minimum Gasteiger partial charge on any atom is -0.480 e. The van der Waals surface area contributed by atoms with Crippen molar-refractivity contribution in [3.05, 3.63) is 12.7 Å². The summed E-state index contributed by atoms with van der Waals surface area (Å²) >= 11 is 0. The van der Waals surface area contributed by atoms with Gasteiger partial charge in [0.1, 0.15) is 6.04 Å². The van der Waals surface area contributed by atoms with Gasteiger partial charge in [0, 0.05) is 6.54 Å². The number of nitrogens with zero attached hydrogens (tertiary/aromatic N) is 1. The highest BCUT2D eigenvalue weighted by Crippen LogP contribution is 2.21. The standard InChI is InChI=1S/C8H13NO4S/c1-2-6-14(12,13)9-5-3-4-7(9)8(10)11/h2,7H,1,3-6H2,(H,10,11)/t7-/m0/s1. The van der Waals surface area contributed by atoms with Crippen molar-refractivity contribution in [1.82, 2.24) is 4.31 Å². The van der Waals surface area contributed by atoms with Crippen LogP contribution in [0.3, 0.4) is 0 Å². The van der Waals surface area contributed by atoms with Crippen molar-refractivity contribution in [1.29, 1.82) is 0 Å². The largest absolute Gasteiger partial charge is 0.480 e. The number of hydrogen-bond acceptors (Lipinski definition) is 3. The van der Waals surface area contributed by atoms with Crippen molar-refractivity contribution < 1.29 is 18.3 Å². The van der Waals surface area contributed by atoms with Gasteiger partial charge in [-0.2, -0.15) is 4.31 Å². The van der Waals surface area contributed by atoms with Crippen LogP contribution in [0.15, 0.2) is 12.7 Å². The van der Waals surface area contributed by atoms with E-state index < -0.39 is 22.0 Å². The Kier molecular flexibility index (Phi) is 3.28. The summed E-state index contributed by atoms with van der Waals surface area (Å²) in [6.07, 6.45) is 2.27. The molecule has 1 saturated heterocycles. The molecule has 1 atom stereocenters. The van der Waals surface area contributed by atoms with Crippen molar-refractivity contribution in [2.24, 2.45) is 0 Å². The van der Waals surface area contributed by atoms with Gasteiger partial charge < -0.3 is 5.11 Å². The number of sulfonamides is 1. The third-order valence-corrected chi connectivity index (χ3v) is 3.98. The van der Waals surface area contributed by atoms with Crippen molar-refractivity contribution in [2.45, 2.75) is 18.9 Å². The lowest BCUT2D eigenvalue weighted by Crippen LogP contribution is -2.41. The average Bonchev–Trinajstić information content (AvgIpc) is 2.51. The maximum Gasteiger partial charge on any atom is 0.322 e. The Balaban J connectivity index is 2.86. The third kappa shape index (κ3) is 2.13. The first kappa shape index (κ1) is 11.2. The molecule has 0 saturated carbocycles. The molecule has 0 spiro atoms. The van der Waals surface area contributed by atoms with Crippen molar-refractivity contribution in [3.63, 3.8) is 0 Å². The predicted octanol–water partition coefficient (Wildman–Crippen LogP) is 0.0512. The summed E-state index contributed by atoms with van der Waals surface area (Å²) < 4.78 is 24.1. The zero-order chi connectivity index (χ0) is 10.8. The van der Waals surface area contributed by atoms with E-state index in [-0.39, 0.29) is 5.75 Å². The lowest BCUT2D eigenvalue weighted by atomic mass is 10.2. The fraction of sp³-hybridized carbons (Fsp3) is 0.625. The number of carboxylic acids is 1. The molecule has 6 heteroatoms. The molecule has 1 rings (SSSR count). The molecule has 5 nitrogen and oxygen atoms in total. The Morgan fingerprint density at radius 3 is 2.79 bits per heavy atom. The highest BCUT2D eigenvalue weighted by atomic mass is 32.2. The summed E-state index contributed by atoms with van der Waals surface area (Å²) in [5.41, 5.74) is 0. The van der Waals surface area contributed by atoms with Crippen LogP contribution in [-0.2, 0) is 14.8 Å². The Hall–Kier alpha value is -0.880. The Morgan fingerprint density at radius 1 is 1.64 bits per heavy atom. The van der Waals surface area contributed by atoms with Gasteiger partial charge in [0.05, 0.1) is 5.75 Å². The zero-order valence-electron chi connectivity index (χ0n) is 7.72. The van der Waals surface area contributed by atoms with Crippen LogP contribution in [0, 0.1) is 0 Å². The second-order valence-electron chi connectivity index (χ2n) is 3.17. The minimum atomic E-state index is -3.47. The van der Waals surface area contributed by atoms with Gasteiger partial charge in [-0.1, -0.05) is 6.08 Å². The first-order valence-corrected chi connectivity index (χ1v) is 5.93. The van der Waals surface area contributed by atoms with E-state index in [4.69, 9.17) is 5.11 Å². The SMILES string of the molecule is C=CCS(=O)(=O)N1CCC[C@H]1C(=O)O. The normalized spacial score (nSPS) is 23.6. The Labute approximate surface area is 83.1 Å². The number of carboxylic acid groups (broad SMARTS) is 1. The van der Waals surface area contributed by atoms with Gasteiger partial charge in [-0.05, 0) is 12.8 Å². The van der Waals surface area contributed by atoms with Gasteiger partial charge in [-0.3, -0.25) is 4.79 Å². The van der Waals surface area contributed by atoms with E-state index in [2.05, 4.69) is 6.58 Å². The van der Waals surface area contributed by atoms with E-state index in [0.29, 0.717) is 19.4 Å². The van der Waals surface area contributed by atoms with Gasteiger partial charge in [-0.15, -0.1) is 6.58 Å². The van der Waals surface area contributed by atoms with Crippen molar-refractivity contribution in [2.75, 3.05) is 12.3 Å². The zero-order valence-corrected chi connectivity index (χ0v) is 8.53. The monoisotopic (exact) mass is 219 g/mol. The van der Waals surface area contributed by atoms with Crippen LogP contribution >= 0.6 is 0 Å². The molecule has 0 aliphatic carbocycles. The quantitative estimate of drug-likeness (QED) is 0.678. The van der Waals surface area contributed by atoms with E-state index in [9.17, 15) is 13.2 Å². The van der Waals surface area contributed by atoms with Crippen LogP contribution in [0.25, 0.3) is 0 Å². The van der Waals surface area contributed by atoms with Crippen LogP contribution < -0.4 is 0 Å². The molecule has 0 unspecified atom stereocenters. The predicted molar refractivity (Wildman–Crippen MR) is 51.3 cm³/mol. The summed E-state index contributed by atoms with van der Waals surface area (Å²) in [6, 6.07) is -0.889. The van der Waals surface area contributed by atoms with Crippen molar-refractivity contribution in [3.8, 4) is 0 Å². The molecule has 0 bridgehead atoms. The summed E-state index contributed by atoms with van der Waals surface area (Å²) in [5.74, 6) is -1.27. The van der Waals surface area contributed by atoms with Gasteiger partial charge in [0.25, 0.3) is 0 Å². The Morgan fingerprint density at radius 2 is 2.29 bits per heavy atom. The molecule has 14 heavy (non-hydrogen) atoms. The van der Waals surface area contributed by atoms with Crippen LogP contribution in [0.5, 0.6) is 0 Å². The lowest BCUT2D eigenvalue weighted by molar-refractivity contribution is -0.140. The molecule has 1 fully saturated rings. The maximum atomic E-state index is 11.5. The fourth-order valence-electron chi connectivity index (χ4n) is 1.56. The number of rotatable bonds is 4. The number of aliphatic carboxylic acids is 1. The molecular weight excluding hydrogens is 206 g/mol. The van der Waals surface area contributed by atoms with Gasteiger partial charge in [0.2, 0.25) is 10.0 Å². The van der Waals surface area contributed by atoms with Crippen LogP contribution in [0.1, 0.15) is 12.8 Å². The van der Waals surface area contributed by atoms with E-state index in [1.807, 2.05) is 0 Å². The van der Waals surface area contributed by atoms with Crippen LogP contribution in [0.4, 0.5) is 0 Å². The molecule has 0 aromatic carbocycles. The van der Waals surface area contributed by atoms with E-state index in [1.54, 1.807) is 0 Å². The third-order valence-electron chi connectivity index (χ3n) is 2.17. The fourth-order valence-corrected chi connectivity index (χ4v) is 3.04.